The number of hydrogen-bond donors (Lipinski definition) is 1. The standard InChI is InChI=1S/C11H13Cl2NO/c12-9-3-8(4-10(13)6-9)5-11-7-14-1-2-15-11/h3-4,6,11,14H,1-2,5,7H2/t11-/m1/s1. The highest BCUT2D eigenvalue weighted by molar-refractivity contribution is 6.34. The molecule has 0 bridgehead atoms. The van der Waals surface area contributed by atoms with Gasteiger partial charge in [-0.1, -0.05) is 23.2 Å². The molecule has 0 saturated carbocycles. The van der Waals surface area contributed by atoms with Crippen molar-refractivity contribution < 1.29 is 4.74 Å². The molecule has 1 fully saturated rings. The fraction of sp³-hybridized carbons (Fsp3) is 0.455. The second kappa shape index (κ2) is 5.17. The maximum atomic E-state index is 5.93. The molecule has 2 rings (SSSR count). The van der Waals surface area contributed by atoms with E-state index in [4.69, 9.17) is 27.9 Å². The molecule has 0 amide bonds. The summed E-state index contributed by atoms with van der Waals surface area (Å²) < 4.78 is 5.61. The largest absolute Gasteiger partial charge is 0.375 e. The van der Waals surface area contributed by atoms with Crippen LogP contribution < -0.4 is 5.32 Å². The number of benzene rings is 1. The average Bonchev–Trinajstić information content (AvgIpc) is 2.17. The van der Waals surface area contributed by atoms with E-state index in [2.05, 4.69) is 5.32 Å². The third kappa shape index (κ3) is 3.35. The molecule has 0 radical (unpaired) electrons. The summed E-state index contributed by atoms with van der Waals surface area (Å²) in [5, 5.41) is 4.66. The van der Waals surface area contributed by atoms with Crippen LogP contribution in [0.5, 0.6) is 0 Å². The maximum absolute atomic E-state index is 5.93. The molecule has 1 atom stereocenters. The van der Waals surface area contributed by atoms with E-state index in [0.717, 1.165) is 31.7 Å². The van der Waals surface area contributed by atoms with Gasteiger partial charge in [0.2, 0.25) is 0 Å². The van der Waals surface area contributed by atoms with Crippen LogP contribution >= 0.6 is 23.2 Å². The van der Waals surface area contributed by atoms with Crippen LogP contribution in [-0.4, -0.2) is 25.8 Å². The van der Waals surface area contributed by atoms with Gasteiger partial charge in [-0.05, 0) is 30.2 Å². The van der Waals surface area contributed by atoms with Crippen LogP contribution in [-0.2, 0) is 11.2 Å². The van der Waals surface area contributed by atoms with E-state index in [0.29, 0.717) is 10.0 Å². The Labute approximate surface area is 99.5 Å². The molecular weight excluding hydrogens is 233 g/mol. The maximum Gasteiger partial charge on any atom is 0.0740 e. The van der Waals surface area contributed by atoms with Crippen molar-refractivity contribution in [2.75, 3.05) is 19.7 Å². The first-order valence-corrected chi connectivity index (χ1v) is 5.77. The van der Waals surface area contributed by atoms with E-state index in [1.807, 2.05) is 12.1 Å². The average molecular weight is 246 g/mol. The molecular formula is C11H13Cl2NO. The molecule has 82 valence electrons. The number of nitrogens with one attached hydrogen (secondary N) is 1. The fourth-order valence-electron chi connectivity index (χ4n) is 1.74. The summed E-state index contributed by atoms with van der Waals surface area (Å²) >= 11 is 11.9. The molecule has 0 spiro atoms. The molecule has 2 nitrogen and oxygen atoms in total. The van der Waals surface area contributed by atoms with Gasteiger partial charge in [-0.3, -0.25) is 0 Å². The summed E-state index contributed by atoms with van der Waals surface area (Å²) in [6, 6.07) is 5.61. The predicted octanol–water partition coefficient (Wildman–Crippen LogP) is 2.52. The molecule has 4 heteroatoms. The Morgan fingerprint density at radius 2 is 2.00 bits per heavy atom. The Morgan fingerprint density at radius 3 is 2.60 bits per heavy atom. The zero-order valence-electron chi connectivity index (χ0n) is 8.30. The van der Waals surface area contributed by atoms with Crippen molar-refractivity contribution in [1.82, 2.24) is 5.32 Å². The van der Waals surface area contributed by atoms with Crippen LogP contribution in [0.1, 0.15) is 5.56 Å². The van der Waals surface area contributed by atoms with Crippen molar-refractivity contribution in [3.05, 3.63) is 33.8 Å². The van der Waals surface area contributed by atoms with Gasteiger partial charge in [0.25, 0.3) is 0 Å². The SMILES string of the molecule is Clc1cc(Cl)cc(C[C@@H]2CNCCO2)c1. The van der Waals surface area contributed by atoms with Gasteiger partial charge in [-0.15, -0.1) is 0 Å². The van der Waals surface area contributed by atoms with Crippen molar-refractivity contribution in [3.8, 4) is 0 Å². The number of halogens is 2. The molecule has 1 aromatic carbocycles. The van der Waals surface area contributed by atoms with Crippen LogP contribution in [0.25, 0.3) is 0 Å². The van der Waals surface area contributed by atoms with Gasteiger partial charge in [0.05, 0.1) is 12.7 Å². The number of hydrogen-bond acceptors (Lipinski definition) is 2. The molecule has 1 N–H and O–H groups in total. The van der Waals surface area contributed by atoms with Crippen LogP contribution in [0, 0.1) is 0 Å². The van der Waals surface area contributed by atoms with Crippen molar-refractivity contribution >= 4 is 23.2 Å². The monoisotopic (exact) mass is 245 g/mol. The Kier molecular flexibility index (Phi) is 3.87. The summed E-state index contributed by atoms with van der Waals surface area (Å²) in [6.07, 6.45) is 1.08. The smallest absolute Gasteiger partial charge is 0.0740 e. The second-order valence-corrected chi connectivity index (χ2v) is 4.55. The first kappa shape index (κ1) is 11.2. The van der Waals surface area contributed by atoms with Crippen LogP contribution in [0.2, 0.25) is 10.0 Å². The summed E-state index contributed by atoms with van der Waals surface area (Å²) in [4.78, 5) is 0. The summed E-state index contributed by atoms with van der Waals surface area (Å²) in [7, 11) is 0. The quantitative estimate of drug-likeness (QED) is 0.865. The van der Waals surface area contributed by atoms with Crippen LogP contribution in [0.4, 0.5) is 0 Å². The van der Waals surface area contributed by atoms with Gasteiger partial charge in [0.1, 0.15) is 0 Å². The molecule has 15 heavy (non-hydrogen) atoms. The third-order valence-electron chi connectivity index (χ3n) is 2.39. The first-order chi connectivity index (χ1) is 7.24. The van der Waals surface area contributed by atoms with Crippen LogP contribution in [0.3, 0.4) is 0 Å². The van der Waals surface area contributed by atoms with Gasteiger partial charge in [0, 0.05) is 23.1 Å². The summed E-state index contributed by atoms with van der Waals surface area (Å²) in [6.45, 7) is 2.61. The molecule has 0 aromatic heterocycles. The molecule has 0 unspecified atom stereocenters. The number of rotatable bonds is 2. The normalized spacial score (nSPS) is 21.6. The minimum absolute atomic E-state index is 0.230. The lowest BCUT2D eigenvalue weighted by molar-refractivity contribution is 0.0292. The van der Waals surface area contributed by atoms with Crippen molar-refractivity contribution in [3.63, 3.8) is 0 Å². The zero-order valence-corrected chi connectivity index (χ0v) is 9.81. The lowest BCUT2D eigenvalue weighted by Crippen LogP contribution is -2.39. The lowest BCUT2D eigenvalue weighted by atomic mass is 10.1. The number of morpholine rings is 1. The summed E-state index contributed by atoms with van der Waals surface area (Å²) in [5.74, 6) is 0. The minimum atomic E-state index is 0.230. The third-order valence-corrected chi connectivity index (χ3v) is 2.83. The Balaban J connectivity index is 2.02. The second-order valence-electron chi connectivity index (χ2n) is 3.68. The predicted molar refractivity (Wildman–Crippen MR) is 62.8 cm³/mol. The lowest BCUT2D eigenvalue weighted by Gasteiger charge is -2.23. The molecule has 1 aromatic rings. The number of ether oxygens (including phenoxy) is 1. The van der Waals surface area contributed by atoms with E-state index < -0.39 is 0 Å². The van der Waals surface area contributed by atoms with E-state index >= 15 is 0 Å². The van der Waals surface area contributed by atoms with Gasteiger partial charge in [-0.25, -0.2) is 0 Å². The van der Waals surface area contributed by atoms with E-state index in [1.54, 1.807) is 6.07 Å². The highest BCUT2D eigenvalue weighted by atomic mass is 35.5. The molecule has 1 heterocycles. The summed E-state index contributed by atoms with van der Waals surface area (Å²) in [5.41, 5.74) is 1.13. The highest BCUT2D eigenvalue weighted by Crippen LogP contribution is 2.20. The molecule has 0 aliphatic carbocycles. The van der Waals surface area contributed by atoms with Gasteiger partial charge >= 0.3 is 0 Å². The van der Waals surface area contributed by atoms with Crippen molar-refractivity contribution in [1.29, 1.82) is 0 Å². The Hall–Kier alpha value is -0.280. The van der Waals surface area contributed by atoms with Gasteiger partial charge < -0.3 is 10.1 Å². The van der Waals surface area contributed by atoms with Crippen LogP contribution in [0.15, 0.2) is 18.2 Å². The van der Waals surface area contributed by atoms with E-state index in [1.165, 1.54) is 0 Å². The van der Waals surface area contributed by atoms with Gasteiger partial charge in [0.15, 0.2) is 0 Å². The zero-order chi connectivity index (χ0) is 10.7. The molecule has 1 aliphatic rings. The Morgan fingerprint density at radius 1 is 1.27 bits per heavy atom. The molecule has 1 aliphatic heterocycles. The van der Waals surface area contributed by atoms with Crippen molar-refractivity contribution in [2.24, 2.45) is 0 Å². The van der Waals surface area contributed by atoms with E-state index in [-0.39, 0.29) is 6.10 Å². The first-order valence-electron chi connectivity index (χ1n) is 5.01. The molecule has 1 saturated heterocycles. The minimum Gasteiger partial charge on any atom is -0.375 e. The van der Waals surface area contributed by atoms with Gasteiger partial charge in [-0.2, -0.15) is 0 Å². The van der Waals surface area contributed by atoms with E-state index in [9.17, 15) is 0 Å². The topological polar surface area (TPSA) is 21.3 Å². The highest BCUT2D eigenvalue weighted by Gasteiger charge is 2.14. The van der Waals surface area contributed by atoms with Crippen molar-refractivity contribution in [2.45, 2.75) is 12.5 Å². The Bertz CT molecular complexity index is 317. The fourth-order valence-corrected chi connectivity index (χ4v) is 2.31.